The highest BCUT2D eigenvalue weighted by molar-refractivity contribution is 5.36. The van der Waals surface area contributed by atoms with Gasteiger partial charge in [-0.1, -0.05) is 12.1 Å². The van der Waals surface area contributed by atoms with Crippen LogP contribution in [0.5, 0.6) is 5.75 Å². The summed E-state index contributed by atoms with van der Waals surface area (Å²) in [6, 6.07) is 7.17. The largest absolute Gasteiger partial charge is 0.490 e. The fraction of sp³-hybridized carbons (Fsp3) is 0.500. The summed E-state index contributed by atoms with van der Waals surface area (Å²) >= 11 is 0. The Labute approximate surface area is 115 Å². The molecular weight excluding hydrogens is 269 g/mol. The molecule has 0 spiro atoms. The van der Waals surface area contributed by atoms with Gasteiger partial charge in [0.2, 0.25) is 0 Å². The van der Waals surface area contributed by atoms with Gasteiger partial charge in [-0.25, -0.2) is 0 Å². The maximum atomic E-state index is 12.8. The van der Waals surface area contributed by atoms with E-state index in [0.29, 0.717) is 0 Å². The van der Waals surface area contributed by atoms with Crippen LogP contribution in [-0.2, 0) is 6.18 Å². The molecule has 0 aliphatic heterocycles. The third-order valence-electron chi connectivity index (χ3n) is 3.57. The number of alkyl halides is 3. The predicted octanol–water partition coefficient (Wildman–Crippen LogP) is 2.98. The second-order valence-electron chi connectivity index (χ2n) is 4.89. The fourth-order valence-electron chi connectivity index (χ4n) is 2.17. The smallest absolute Gasteiger partial charge is 0.419 e. The summed E-state index contributed by atoms with van der Waals surface area (Å²) in [5.74, 6) is -0.105. The summed E-state index contributed by atoms with van der Waals surface area (Å²) in [6.45, 7) is -0.0994. The molecule has 0 heterocycles. The van der Waals surface area contributed by atoms with Gasteiger partial charge in [-0.15, -0.1) is 0 Å². The van der Waals surface area contributed by atoms with E-state index in [4.69, 9.17) is 4.74 Å². The first-order chi connectivity index (χ1) is 9.43. The molecule has 1 aliphatic rings. The van der Waals surface area contributed by atoms with E-state index >= 15 is 0 Å². The van der Waals surface area contributed by atoms with E-state index in [2.05, 4.69) is 11.4 Å². The van der Waals surface area contributed by atoms with Crippen LogP contribution in [0.4, 0.5) is 13.2 Å². The summed E-state index contributed by atoms with van der Waals surface area (Å²) in [5, 5.41) is 12.2. The first kappa shape index (κ1) is 14.7. The van der Waals surface area contributed by atoms with Crippen molar-refractivity contribution in [2.45, 2.75) is 24.6 Å². The average molecular weight is 284 g/mol. The van der Waals surface area contributed by atoms with E-state index < -0.39 is 17.3 Å². The average Bonchev–Trinajstić information content (AvgIpc) is 3.25. The maximum absolute atomic E-state index is 12.8. The number of nitrogens with one attached hydrogen (secondary N) is 1. The quantitative estimate of drug-likeness (QED) is 0.904. The van der Waals surface area contributed by atoms with Crippen molar-refractivity contribution in [3.63, 3.8) is 0 Å². The lowest BCUT2D eigenvalue weighted by Gasteiger charge is -2.26. The van der Waals surface area contributed by atoms with Crippen LogP contribution >= 0.6 is 0 Å². The summed E-state index contributed by atoms with van der Waals surface area (Å²) in [6.07, 6.45) is -2.69. The van der Waals surface area contributed by atoms with Crippen molar-refractivity contribution in [2.75, 3.05) is 13.7 Å². The first-order valence-corrected chi connectivity index (χ1v) is 6.32. The molecule has 1 saturated carbocycles. The van der Waals surface area contributed by atoms with Crippen molar-refractivity contribution < 1.29 is 17.9 Å². The molecule has 3 nitrogen and oxygen atoms in total. The number of para-hydroxylation sites is 1. The van der Waals surface area contributed by atoms with Crippen LogP contribution in [0, 0.1) is 17.2 Å². The molecule has 1 N–H and O–H groups in total. The van der Waals surface area contributed by atoms with Crippen molar-refractivity contribution in [1.82, 2.24) is 5.32 Å². The zero-order valence-corrected chi connectivity index (χ0v) is 11.0. The molecule has 0 bridgehead atoms. The SMILES string of the molecule is CNC(C#N)(COc1ccccc1C(F)(F)F)C1CC1. The third kappa shape index (κ3) is 2.88. The molecule has 0 radical (unpaired) electrons. The summed E-state index contributed by atoms with van der Waals surface area (Å²) < 4.78 is 43.8. The summed E-state index contributed by atoms with van der Waals surface area (Å²) in [7, 11) is 1.63. The zero-order valence-electron chi connectivity index (χ0n) is 11.0. The van der Waals surface area contributed by atoms with Gasteiger partial charge in [-0.05, 0) is 37.9 Å². The molecule has 1 atom stereocenters. The Morgan fingerprint density at radius 3 is 2.50 bits per heavy atom. The highest BCUT2D eigenvalue weighted by atomic mass is 19.4. The minimum atomic E-state index is -4.47. The van der Waals surface area contributed by atoms with E-state index in [-0.39, 0.29) is 18.3 Å². The van der Waals surface area contributed by atoms with Crippen LogP contribution < -0.4 is 10.1 Å². The molecule has 1 aromatic carbocycles. The minimum absolute atomic E-state index is 0.0994. The molecule has 0 amide bonds. The van der Waals surface area contributed by atoms with Crippen LogP contribution in [0.25, 0.3) is 0 Å². The lowest BCUT2D eigenvalue weighted by Crippen LogP contribution is -2.49. The van der Waals surface area contributed by atoms with E-state index in [1.54, 1.807) is 7.05 Å². The number of hydrogen-bond donors (Lipinski definition) is 1. The summed E-state index contributed by atoms with van der Waals surface area (Å²) in [4.78, 5) is 0. The van der Waals surface area contributed by atoms with Crippen molar-refractivity contribution in [3.05, 3.63) is 29.8 Å². The molecule has 2 rings (SSSR count). The van der Waals surface area contributed by atoms with Crippen LogP contribution in [0.15, 0.2) is 24.3 Å². The van der Waals surface area contributed by atoms with E-state index in [1.807, 2.05) is 0 Å². The maximum Gasteiger partial charge on any atom is 0.419 e. The molecule has 6 heteroatoms. The normalized spacial score (nSPS) is 18.1. The van der Waals surface area contributed by atoms with Gasteiger partial charge in [0.25, 0.3) is 0 Å². The Balaban J connectivity index is 2.17. The van der Waals surface area contributed by atoms with Crippen molar-refractivity contribution in [3.8, 4) is 11.8 Å². The summed E-state index contributed by atoms with van der Waals surface area (Å²) in [5.41, 5.74) is -1.74. The minimum Gasteiger partial charge on any atom is -0.490 e. The second kappa shape index (κ2) is 5.33. The van der Waals surface area contributed by atoms with Crippen LogP contribution in [0.2, 0.25) is 0 Å². The van der Waals surface area contributed by atoms with Gasteiger partial charge in [0.15, 0.2) is 0 Å². The Morgan fingerprint density at radius 1 is 1.35 bits per heavy atom. The molecule has 0 saturated heterocycles. The van der Waals surface area contributed by atoms with Gasteiger partial charge in [-0.3, -0.25) is 5.32 Å². The Morgan fingerprint density at radius 2 is 2.00 bits per heavy atom. The topological polar surface area (TPSA) is 45.0 Å². The zero-order chi connectivity index (χ0) is 14.8. The standard InChI is InChI=1S/C14H15F3N2O/c1-19-13(8-18,10-6-7-10)9-20-12-5-3-2-4-11(12)14(15,16)17/h2-5,10,19H,6-7,9H2,1H3. The van der Waals surface area contributed by atoms with Gasteiger partial charge >= 0.3 is 6.18 Å². The molecular formula is C14H15F3N2O. The highest BCUT2D eigenvalue weighted by Gasteiger charge is 2.46. The second-order valence-corrected chi connectivity index (χ2v) is 4.89. The van der Waals surface area contributed by atoms with Crippen LogP contribution in [0.1, 0.15) is 18.4 Å². The predicted molar refractivity (Wildman–Crippen MR) is 67.1 cm³/mol. The molecule has 1 unspecified atom stereocenters. The van der Waals surface area contributed by atoms with Gasteiger partial charge in [-0.2, -0.15) is 18.4 Å². The van der Waals surface area contributed by atoms with E-state index in [0.717, 1.165) is 18.9 Å². The Hall–Kier alpha value is -1.74. The molecule has 0 aromatic heterocycles. The van der Waals surface area contributed by atoms with E-state index in [9.17, 15) is 18.4 Å². The number of ether oxygens (including phenoxy) is 1. The number of likely N-dealkylation sites (N-methyl/N-ethyl adjacent to an activating group) is 1. The number of hydrogen-bond acceptors (Lipinski definition) is 3. The number of nitrogens with zero attached hydrogens (tertiary/aromatic N) is 1. The van der Waals surface area contributed by atoms with Gasteiger partial charge in [0.1, 0.15) is 17.9 Å². The van der Waals surface area contributed by atoms with Crippen LogP contribution in [-0.4, -0.2) is 19.2 Å². The van der Waals surface area contributed by atoms with Gasteiger partial charge in [0.05, 0.1) is 11.6 Å². The molecule has 108 valence electrons. The monoisotopic (exact) mass is 284 g/mol. The first-order valence-electron chi connectivity index (χ1n) is 6.32. The van der Waals surface area contributed by atoms with E-state index in [1.165, 1.54) is 18.2 Å². The van der Waals surface area contributed by atoms with Gasteiger partial charge < -0.3 is 4.74 Å². The Kier molecular flexibility index (Phi) is 3.91. The molecule has 1 fully saturated rings. The van der Waals surface area contributed by atoms with Crippen LogP contribution in [0.3, 0.4) is 0 Å². The van der Waals surface area contributed by atoms with Crippen molar-refractivity contribution in [1.29, 1.82) is 5.26 Å². The fourth-order valence-corrected chi connectivity index (χ4v) is 2.17. The van der Waals surface area contributed by atoms with Gasteiger partial charge in [0, 0.05) is 0 Å². The van der Waals surface area contributed by atoms with Crippen molar-refractivity contribution in [2.24, 2.45) is 5.92 Å². The molecule has 20 heavy (non-hydrogen) atoms. The number of benzene rings is 1. The number of rotatable bonds is 5. The lowest BCUT2D eigenvalue weighted by molar-refractivity contribution is -0.139. The van der Waals surface area contributed by atoms with Crippen molar-refractivity contribution >= 4 is 0 Å². The third-order valence-corrected chi connectivity index (χ3v) is 3.57. The molecule has 1 aliphatic carbocycles. The number of halogens is 3. The highest BCUT2D eigenvalue weighted by Crippen LogP contribution is 2.41. The Bertz CT molecular complexity index is 520. The molecule has 1 aromatic rings. The lowest BCUT2D eigenvalue weighted by atomic mass is 9.96. The number of nitriles is 1.